The van der Waals surface area contributed by atoms with Crippen LogP contribution in [-0.4, -0.2) is 75.0 Å². The van der Waals surface area contributed by atoms with Gasteiger partial charge in [0.1, 0.15) is 24.2 Å². The first-order valence-corrected chi connectivity index (χ1v) is 13.6. The van der Waals surface area contributed by atoms with Crippen LogP contribution in [-0.2, 0) is 38.1 Å². The van der Waals surface area contributed by atoms with E-state index in [9.17, 15) is 19.2 Å². The molecule has 1 aliphatic rings. The molecule has 41 heavy (non-hydrogen) atoms. The first-order chi connectivity index (χ1) is 19.6. The molecule has 1 saturated heterocycles. The predicted octanol–water partition coefficient (Wildman–Crippen LogP) is 2.68. The van der Waals surface area contributed by atoms with Crippen LogP contribution in [0.25, 0.3) is 17.1 Å². The van der Waals surface area contributed by atoms with Gasteiger partial charge in [-0.25, -0.2) is 0 Å². The summed E-state index contributed by atoms with van der Waals surface area (Å²) in [4.78, 5) is 48.2. The van der Waals surface area contributed by atoms with Gasteiger partial charge in [-0.3, -0.25) is 23.7 Å². The molecule has 1 fully saturated rings. The third-order valence-corrected chi connectivity index (χ3v) is 7.08. The number of aromatic nitrogens is 3. The first kappa shape index (κ1) is 29.7. The number of nitrogens with one attached hydrogen (secondary N) is 1. The molecule has 1 N–H and O–H groups in total. The molecule has 0 radical (unpaired) electrons. The molecule has 3 aromatic rings. The number of esters is 3. The maximum Gasteiger partial charge on any atom is 0.303 e. The third kappa shape index (κ3) is 7.50. The van der Waals surface area contributed by atoms with Gasteiger partial charge in [0.2, 0.25) is 5.91 Å². The quantitative estimate of drug-likeness (QED) is 0.293. The first-order valence-electron chi connectivity index (χ1n) is 12.8. The van der Waals surface area contributed by atoms with Crippen LogP contribution in [0.2, 0.25) is 0 Å². The van der Waals surface area contributed by atoms with Gasteiger partial charge < -0.3 is 24.3 Å². The molecule has 4 rings (SSSR count). The van der Waals surface area contributed by atoms with Gasteiger partial charge in [-0.05, 0) is 12.1 Å². The van der Waals surface area contributed by atoms with Crippen LogP contribution in [0, 0.1) is 0 Å². The highest BCUT2D eigenvalue weighted by Gasteiger charge is 2.51. The number of ether oxygens (including phenoxy) is 4. The summed E-state index contributed by atoms with van der Waals surface area (Å²) in [5, 5.41) is 12.1. The number of benzene rings is 2. The van der Waals surface area contributed by atoms with Gasteiger partial charge in [0.05, 0.1) is 0 Å². The van der Waals surface area contributed by atoms with E-state index in [-0.39, 0.29) is 6.61 Å². The largest absolute Gasteiger partial charge is 0.463 e. The Morgan fingerprint density at radius 3 is 2.05 bits per heavy atom. The van der Waals surface area contributed by atoms with Crippen molar-refractivity contribution in [2.45, 2.75) is 62.6 Å². The van der Waals surface area contributed by atoms with Crippen LogP contribution < -0.4 is 5.32 Å². The van der Waals surface area contributed by atoms with E-state index in [0.717, 1.165) is 23.0 Å². The van der Waals surface area contributed by atoms with Crippen LogP contribution in [0.15, 0.2) is 65.8 Å². The van der Waals surface area contributed by atoms with Gasteiger partial charge in [0, 0.05) is 38.9 Å². The number of para-hydroxylation sites is 1. The molecule has 1 amide bonds. The summed E-state index contributed by atoms with van der Waals surface area (Å²) in [6.45, 7) is 4.63. The highest BCUT2D eigenvalue weighted by Crippen LogP contribution is 2.37. The Hall–Kier alpha value is -4.23. The van der Waals surface area contributed by atoms with Crippen molar-refractivity contribution in [1.29, 1.82) is 0 Å². The Labute approximate surface area is 240 Å². The van der Waals surface area contributed by atoms with Crippen molar-refractivity contribution in [1.82, 2.24) is 20.1 Å². The Bertz CT molecular complexity index is 1380. The van der Waals surface area contributed by atoms with Crippen LogP contribution in [0.4, 0.5) is 0 Å². The number of hydrogen-bond donors (Lipinski definition) is 1. The molecule has 216 valence electrons. The average molecular weight is 583 g/mol. The molecular weight excluding hydrogens is 552 g/mol. The van der Waals surface area contributed by atoms with Crippen LogP contribution in [0.5, 0.6) is 0 Å². The van der Waals surface area contributed by atoms with Crippen molar-refractivity contribution < 1.29 is 38.1 Å². The SMILES string of the molecule is CC(=O)NC1C(Sc2nnc(-c3ccccc3)n2-c2ccccc2)OC(COC(C)=O)C(OC(C)=O)C1OC(C)=O. The lowest BCUT2D eigenvalue weighted by atomic mass is 9.97. The molecular formula is C28H30N4O8S. The molecule has 2 heterocycles. The van der Waals surface area contributed by atoms with E-state index >= 15 is 0 Å². The molecule has 1 aliphatic heterocycles. The minimum Gasteiger partial charge on any atom is -0.463 e. The zero-order valence-electron chi connectivity index (χ0n) is 22.9. The molecule has 1 aromatic heterocycles. The van der Waals surface area contributed by atoms with E-state index in [2.05, 4.69) is 15.5 Å². The summed E-state index contributed by atoms with van der Waals surface area (Å²) in [5.74, 6) is -1.79. The average Bonchev–Trinajstić information content (AvgIpc) is 3.34. The number of rotatable bonds is 9. The molecule has 0 bridgehead atoms. The van der Waals surface area contributed by atoms with Crippen molar-refractivity contribution in [3.8, 4) is 17.1 Å². The van der Waals surface area contributed by atoms with Crippen LogP contribution in [0.1, 0.15) is 27.7 Å². The highest BCUT2D eigenvalue weighted by atomic mass is 32.2. The summed E-state index contributed by atoms with van der Waals surface area (Å²) >= 11 is 1.12. The third-order valence-electron chi connectivity index (χ3n) is 5.97. The number of carbonyl (C=O) groups is 4. The molecule has 0 spiro atoms. The zero-order chi connectivity index (χ0) is 29.5. The Morgan fingerprint density at radius 1 is 0.854 bits per heavy atom. The van der Waals surface area contributed by atoms with E-state index in [1.807, 2.05) is 65.2 Å². The Kier molecular flexibility index (Phi) is 9.73. The molecule has 0 aliphatic carbocycles. The van der Waals surface area contributed by atoms with Gasteiger partial charge >= 0.3 is 17.9 Å². The predicted molar refractivity (Wildman–Crippen MR) is 147 cm³/mol. The molecule has 5 unspecified atom stereocenters. The molecule has 2 aromatic carbocycles. The van der Waals surface area contributed by atoms with Crippen molar-refractivity contribution in [3.63, 3.8) is 0 Å². The monoisotopic (exact) mass is 582 g/mol. The minimum atomic E-state index is -1.18. The van der Waals surface area contributed by atoms with Gasteiger partial charge in [0.25, 0.3) is 0 Å². The lowest BCUT2D eigenvalue weighted by Gasteiger charge is -2.44. The summed E-state index contributed by atoms with van der Waals surface area (Å²) in [7, 11) is 0. The fraction of sp³-hybridized carbons (Fsp3) is 0.357. The van der Waals surface area contributed by atoms with E-state index in [4.69, 9.17) is 18.9 Å². The number of nitrogens with zero attached hydrogens (tertiary/aromatic N) is 3. The van der Waals surface area contributed by atoms with E-state index in [1.54, 1.807) is 0 Å². The normalized spacial score (nSPS) is 21.9. The van der Waals surface area contributed by atoms with Gasteiger partial charge in [0.15, 0.2) is 23.2 Å². The Balaban J connectivity index is 1.79. The van der Waals surface area contributed by atoms with E-state index in [0.29, 0.717) is 11.0 Å². The Morgan fingerprint density at radius 2 is 1.46 bits per heavy atom. The summed E-state index contributed by atoms with van der Waals surface area (Å²) in [5.41, 5.74) is 0.654. The van der Waals surface area contributed by atoms with Crippen molar-refractivity contribution in [3.05, 3.63) is 60.7 Å². The number of amides is 1. The van der Waals surface area contributed by atoms with E-state index < -0.39 is 53.6 Å². The topological polar surface area (TPSA) is 148 Å². The number of carbonyl (C=O) groups excluding carboxylic acids is 4. The lowest BCUT2D eigenvalue weighted by Crippen LogP contribution is -2.65. The molecule has 12 nitrogen and oxygen atoms in total. The van der Waals surface area contributed by atoms with Crippen molar-refractivity contribution in [2.24, 2.45) is 0 Å². The second kappa shape index (κ2) is 13.4. The second-order valence-corrected chi connectivity index (χ2v) is 10.2. The summed E-state index contributed by atoms with van der Waals surface area (Å²) in [6.07, 6.45) is -3.39. The number of thioether (sulfide) groups is 1. The smallest absolute Gasteiger partial charge is 0.303 e. The van der Waals surface area contributed by atoms with Gasteiger partial charge in [-0.15, -0.1) is 10.2 Å². The molecule has 13 heteroatoms. The minimum absolute atomic E-state index is 0.296. The fourth-order valence-corrected chi connectivity index (χ4v) is 5.59. The molecule has 5 atom stereocenters. The van der Waals surface area contributed by atoms with E-state index in [1.165, 1.54) is 27.7 Å². The summed E-state index contributed by atoms with van der Waals surface area (Å²) < 4.78 is 24.4. The maximum atomic E-state index is 12.3. The maximum absolute atomic E-state index is 12.3. The standard InChI is InChI=1S/C28H30N4O8S/c1-16(33)29-23-25(39-19(4)36)24(38-18(3)35)22(15-37-17(2)34)40-27(23)41-28-31-30-26(20-11-7-5-8-12-20)32(28)21-13-9-6-10-14-21/h5-14,22-25,27H,15H2,1-4H3,(H,29,33). The second-order valence-electron chi connectivity index (χ2n) is 9.18. The van der Waals surface area contributed by atoms with Crippen LogP contribution in [0.3, 0.4) is 0 Å². The van der Waals surface area contributed by atoms with Crippen molar-refractivity contribution >= 4 is 35.6 Å². The lowest BCUT2D eigenvalue weighted by molar-refractivity contribution is -0.211. The van der Waals surface area contributed by atoms with Crippen LogP contribution >= 0.6 is 11.8 Å². The van der Waals surface area contributed by atoms with Gasteiger partial charge in [-0.1, -0.05) is 60.3 Å². The zero-order valence-corrected chi connectivity index (χ0v) is 23.7. The van der Waals surface area contributed by atoms with Crippen molar-refractivity contribution in [2.75, 3.05) is 6.61 Å². The summed E-state index contributed by atoms with van der Waals surface area (Å²) in [6, 6.07) is 18.0. The highest BCUT2D eigenvalue weighted by molar-refractivity contribution is 7.99. The van der Waals surface area contributed by atoms with Gasteiger partial charge in [-0.2, -0.15) is 0 Å². The number of hydrogen-bond acceptors (Lipinski definition) is 11. The fourth-order valence-electron chi connectivity index (χ4n) is 4.43. The molecule has 0 saturated carbocycles.